The molecule has 25 heavy (non-hydrogen) atoms. The molecule has 3 N–H and O–H groups in total. The molecule has 0 aliphatic carbocycles. The smallest absolute Gasteiger partial charge is 0.277 e. The zero-order chi connectivity index (χ0) is 17.4. The quantitative estimate of drug-likeness (QED) is 0.565. The molecule has 124 valence electrons. The van der Waals surface area contributed by atoms with Gasteiger partial charge in [0.1, 0.15) is 5.82 Å². The van der Waals surface area contributed by atoms with Crippen LogP contribution in [0.2, 0.25) is 0 Å². The first kappa shape index (κ1) is 15.1. The van der Waals surface area contributed by atoms with Crippen molar-refractivity contribution in [3.63, 3.8) is 0 Å². The van der Waals surface area contributed by atoms with E-state index in [1.165, 1.54) is 5.56 Å². The molecule has 0 amide bonds. The molecule has 0 fully saturated rings. The average molecular weight is 331 g/mol. The lowest BCUT2D eigenvalue weighted by Gasteiger charge is -2.05. The molecule has 6 nitrogen and oxygen atoms in total. The number of nitrogen functional groups attached to an aromatic ring is 1. The number of nitrogens with two attached hydrogens (primary N) is 1. The van der Waals surface area contributed by atoms with E-state index in [2.05, 4.69) is 27.1 Å². The second-order valence-electron chi connectivity index (χ2n) is 6.07. The molecule has 2 aromatic heterocycles. The number of hydrogen-bond acceptors (Lipinski definition) is 4. The standard InChI is InChI=1S/C19H17N5O/c1-12-2-4-13(5-3-12)10-24-11-21-18-16(24)19(25)23-17(22-18)14-6-8-15(20)9-7-14/h2-9,11H,10,20H2,1H3,(H,22,23,25). The molecule has 0 saturated carbocycles. The fourth-order valence-electron chi connectivity index (χ4n) is 2.77. The van der Waals surface area contributed by atoms with Crippen LogP contribution in [-0.4, -0.2) is 19.5 Å². The van der Waals surface area contributed by atoms with Crippen LogP contribution in [0.15, 0.2) is 59.7 Å². The first-order valence-electron chi connectivity index (χ1n) is 7.97. The van der Waals surface area contributed by atoms with Crippen molar-refractivity contribution in [3.05, 3.63) is 76.3 Å². The van der Waals surface area contributed by atoms with Gasteiger partial charge in [-0.2, -0.15) is 0 Å². The van der Waals surface area contributed by atoms with Gasteiger partial charge in [-0.3, -0.25) is 4.79 Å². The van der Waals surface area contributed by atoms with Crippen LogP contribution in [0, 0.1) is 6.92 Å². The average Bonchev–Trinajstić information content (AvgIpc) is 3.01. The van der Waals surface area contributed by atoms with Crippen molar-refractivity contribution in [2.45, 2.75) is 13.5 Å². The van der Waals surface area contributed by atoms with Crippen LogP contribution < -0.4 is 11.3 Å². The highest BCUT2D eigenvalue weighted by atomic mass is 16.1. The Morgan fingerprint density at radius 1 is 1.08 bits per heavy atom. The molecule has 0 saturated heterocycles. The number of hydrogen-bond donors (Lipinski definition) is 2. The van der Waals surface area contributed by atoms with Gasteiger partial charge in [0.2, 0.25) is 0 Å². The van der Waals surface area contributed by atoms with Crippen molar-refractivity contribution < 1.29 is 0 Å². The maximum Gasteiger partial charge on any atom is 0.277 e. The van der Waals surface area contributed by atoms with E-state index in [4.69, 9.17) is 5.73 Å². The Hall–Kier alpha value is -3.41. The van der Waals surface area contributed by atoms with Crippen molar-refractivity contribution in [3.8, 4) is 11.4 Å². The molecular weight excluding hydrogens is 314 g/mol. The molecule has 0 aliphatic rings. The van der Waals surface area contributed by atoms with Crippen molar-refractivity contribution in [2.75, 3.05) is 5.73 Å². The minimum absolute atomic E-state index is 0.207. The molecule has 0 unspecified atom stereocenters. The van der Waals surface area contributed by atoms with E-state index in [9.17, 15) is 4.79 Å². The van der Waals surface area contributed by atoms with Crippen molar-refractivity contribution >= 4 is 16.9 Å². The van der Waals surface area contributed by atoms with Crippen LogP contribution in [0.3, 0.4) is 0 Å². The lowest BCUT2D eigenvalue weighted by molar-refractivity contribution is 0.819. The molecule has 0 bridgehead atoms. The van der Waals surface area contributed by atoms with E-state index in [-0.39, 0.29) is 5.56 Å². The van der Waals surface area contributed by atoms with Crippen LogP contribution in [-0.2, 0) is 6.54 Å². The third kappa shape index (κ3) is 2.89. The lowest BCUT2D eigenvalue weighted by Crippen LogP contribution is -2.13. The number of rotatable bonds is 3. The summed E-state index contributed by atoms with van der Waals surface area (Å²) in [5.74, 6) is 0.484. The summed E-state index contributed by atoms with van der Waals surface area (Å²) in [5.41, 5.74) is 10.2. The first-order chi connectivity index (χ1) is 12.1. The second kappa shape index (κ2) is 5.90. The lowest BCUT2D eigenvalue weighted by atomic mass is 10.1. The minimum Gasteiger partial charge on any atom is -0.399 e. The molecule has 4 aromatic rings. The summed E-state index contributed by atoms with van der Waals surface area (Å²) in [6.45, 7) is 2.62. The predicted molar refractivity (Wildman–Crippen MR) is 98.3 cm³/mol. The van der Waals surface area contributed by atoms with Crippen LogP contribution in [0.5, 0.6) is 0 Å². The van der Waals surface area contributed by atoms with Crippen molar-refractivity contribution in [2.24, 2.45) is 0 Å². The highest BCUT2D eigenvalue weighted by Crippen LogP contribution is 2.18. The topological polar surface area (TPSA) is 89.6 Å². The number of imidazole rings is 1. The van der Waals surface area contributed by atoms with Gasteiger partial charge in [-0.1, -0.05) is 29.8 Å². The summed E-state index contributed by atoms with van der Waals surface area (Å²) >= 11 is 0. The van der Waals surface area contributed by atoms with Gasteiger partial charge in [-0.05, 0) is 36.8 Å². The minimum atomic E-state index is -0.207. The maximum atomic E-state index is 12.6. The van der Waals surface area contributed by atoms with Crippen LogP contribution in [0.4, 0.5) is 5.69 Å². The molecule has 6 heteroatoms. The zero-order valence-electron chi connectivity index (χ0n) is 13.7. The fourth-order valence-corrected chi connectivity index (χ4v) is 2.77. The maximum absolute atomic E-state index is 12.6. The van der Waals surface area contributed by atoms with Gasteiger partial charge in [0.05, 0.1) is 6.33 Å². The van der Waals surface area contributed by atoms with E-state index < -0.39 is 0 Å². The Balaban J connectivity index is 1.75. The Kier molecular flexibility index (Phi) is 3.57. The Bertz CT molecular complexity index is 1090. The number of benzene rings is 2. The summed E-state index contributed by atoms with van der Waals surface area (Å²) in [4.78, 5) is 24.2. The summed E-state index contributed by atoms with van der Waals surface area (Å²) < 4.78 is 1.82. The fraction of sp³-hybridized carbons (Fsp3) is 0.105. The molecule has 0 aliphatic heterocycles. The van der Waals surface area contributed by atoms with Crippen molar-refractivity contribution in [1.82, 2.24) is 19.5 Å². The highest BCUT2D eigenvalue weighted by molar-refractivity contribution is 5.73. The molecule has 0 radical (unpaired) electrons. The first-order valence-corrected chi connectivity index (χ1v) is 7.97. The van der Waals surface area contributed by atoms with E-state index in [1.807, 2.05) is 35.8 Å². The second-order valence-corrected chi connectivity index (χ2v) is 6.07. The third-order valence-electron chi connectivity index (χ3n) is 4.14. The third-order valence-corrected chi connectivity index (χ3v) is 4.14. The van der Waals surface area contributed by atoms with Crippen LogP contribution >= 0.6 is 0 Å². The van der Waals surface area contributed by atoms with Gasteiger partial charge in [-0.25, -0.2) is 9.97 Å². The number of nitrogens with zero attached hydrogens (tertiary/aromatic N) is 3. The predicted octanol–water partition coefficient (Wildman–Crippen LogP) is 2.73. The monoisotopic (exact) mass is 331 g/mol. The van der Waals surface area contributed by atoms with Gasteiger partial charge in [0.15, 0.2) is 11.2 Å². The molecule has 0 spiro atoms. The molecule has 2 heterocycles. The number of aryl methyl sites for hydroxylation is 1. The van der Waals surface area contributed by atoms with Gasteiger partial charge < -0.3 is 15.3 Å². The van der Waals surface area contributed by atoms with E-state index in [0.717, 1.165) is 11.1 Å². The Labute approximate surface area is 144 Å². The van der Waals surface area contributed by atoms with Crippen LogP contribution in [0.25, 0.3) is 22.6 Å². The number of H-pyrrole nitrogens is 1. The van der Waals surface area contributed by atoms with Gasteiger partial charge >= 0.3 is 0 Å². The number of aromatic nitrogens is 4. The van der Waals surface area contributed by atoms with Crippen molar-refractivity contribution in [1.29, 1.82) is 0 Å². The largest absolute Gasteiger partial charge is 0.399 e. The summed E-state index contributed by atoms with van der Waals surface area (Å²) in [5, 5.41) is 0. The van der Waals surface area contributed by atoms with Crippen LogP contribution in [0.1, 0.15) is 11.1 Å². The van der Waals surface area contributed by atoms with Gasteiger partial charge in [0.25, 0.3) is 5.56 Å². The molecular formula is C19H17N5O. The number of anilines is 1. The van der Waals surface area contributed by atoms with E-state index >= 15 is 0 Å². The normalized spacial score (nSPS) is 11.1. The Morgan fingerprint density at radius 3 is 2.52 bits per heavy atom. The summed E-state index contributed by atoms with van der Waals surface area (Å²) in [7, 11) is 0. The zero-order valence-corrected chi connectivity index (χ0v) is 13.7. The molecule has 0 atom stereocenters. The molecule has 4 rings (SSSR count). The van der Waals surface area contributed by atoms with Gasteiger partial charge in [0, 0.05) is 17.8 Å². The summed E-state index contributed by atoms with van der Waals surface area (Å²) in [6.07, 6.45) is 1.65. The number of aromatic amines is 1. The molecule has 2 aromatic carbocycles. The number of nitrogens with one attached hydrogen (secondary N) is 1. The van der Waals surface area contributed by atoms with E-state index in [1.54, 1.807) is 18.5 Å². The highest BCUT2D eigenvalue weighted by Gasteiger charge is 2.12. The van der Waals surface area contributed by atoms with Gasteiger partial charge in [-0.15, -0.1) is 0 Å². The Morgan fingerprint density at radius 2 is 1.80 bits per heavy atom. The number of fused-ring (bicyclic) bond motifs is 1. The van der Waals surface area contributed by atoms with E-state index in [0.29, 0.717) is 29.2 Å². The summed E-state index contributed by atoms with van der Waals surface area (Å²) in [6, 6.07) is 15.4. The SMILES string of the molecule is Cc1ccc(Cn2cnc3nc(-c4ccc(N)cc4)[nH]c(=O)c32)cc1.